The fourth-order valence-electron chi connectivity index (χ4n) is 2.16. The van der Waals surface area contributed by atoms with Crippen molar-refractivity contribution in [2.45, 2.75) is 0 Å². The van der Waals surface area contributed by atoms with E-state index >= 15 is 0 Å². The van der Waals surface area contributed by atoms with Crippen LogP contribution >= 0.6 is 0 Å². The summed E-state index contributed by atoms with van der Waals surface area (Å²) in [4.78, 5) is 20.5. The Labute approximate surface area is 133 Å². The van der Waals surface area contributed by atoms with E-state index in [0.29, 0.717) is 11.1 Å². The Kier molecular flexibility index (Phi) is 3.62. The van der Waals surface area contributed by atoms with E-state index in [2.05, 4.69) is 9.79 Å². The van der Waals surface area contributed by atoms with Crippen molar-refractivity contribution in [3.8, 4) is 22.5 Å². The van der Waals surface area contributed by atoms with Crippen LogP contribution in [0.15, 0.2) is 53.2 Å². The standard InChI is InChI=1S/C14H8N4O6/c19-16(20)11-5-1-9(2-6-11)13-14(18(23)24-15-13)10-3-7-12(8-4-10)17(21)22/h1-8H. The minimum absolute atomic E-state index is 0.0544. The molecule has 0 radical (unpaired) electrons. The molecule has 24 heavy (non-hydrogen) atoms. The van der Waals surface area contributed by atoms with Crippen molar-refractivity contribution in [2.75, 3.05) is 0 Å². The van der Waals surface area contributed by atoms with Crippen molar-refractivity contribution >= 4 is 11.4 Å². The van der Waals surface area contributed by atoms with Gasteiger partial charge < -0.3 is 5.21 Å². The number of benzene rings is 2. The number of hydrogen-bond acceptors (Lipinski definition) is 7. The molecule has 0 bridgehead atoms. The molecular formula is C14H8N4O6. The number of non-ortho nitro benzene ring substituents is 2. The second kappa shape index (κ2) is 5.76. The Morgan fingerprint density at radius 1 is 0.833 bits per heavy atom. The van der Waals surface area contributed by atoms with Gasteiger partial charge >= 0.3 is 0 Å². The fourth-order valence-corrected chi connectivity index (χ4v) is 2.16. The van der Waals surface area contributed by atoms with E-state index < -0.39 is 9.85 Å². The zero-order valence-corrected chi connectivity index (χ0v) is 11.9. The molecule has 0 fully saturated rings. The second-order valence-electron chi connectivity index (χ2n) is 4.74. The third-order valence-electron chi connectivity index (χ3n) is 3.32. The van der Waals surface area contributed by atoms with Crippen molar-refractivity contribution in [3.05, 3.63) is 74.0 Å². The van der Waals surface area contributed by atoms with E-state index in [1.165, 1.54) is 48.5 Å². The van der Waals surface area contributed by atoms with Crippen LogP contribution in [-0.4, -0.2) is 15.0 Å². The van der Waals surface area contributed by atoms with E-state index in [4.69, 9.17) is 0 Å². The first-order valence-corrected chi connectivity index (χ1v) is 6.57. The fraction of sp³-hybridized carbons (Fsp3) is 0. The predicted octanol–water partition coefficient (Wildman–Crippen LogP) is 2.46. The van der Waals surface area contributed by atoms with Gasteiger partial charge in [-0.3, -0.25) is 24.9 Å². The number of aromatic nitrogens is 2. The van der Waals surface area contributed by atoms with Crippen molar-refractivity contribution < 1.29 is 19.4 Å². The first kappa shape index (κ1) is 15.1. The third kappa shape index (κ3) is 2.63. The van der Waals surface area contributed by atoms with Gasteiger partial charge in [-0.25, -0.2) is 0 Å². The highest BCUT2D eigenvalue weighted by Gasteiger charge is 2.24. The lowest BCUT2D eigenvalue weighted by atomic mass is 10.0. The SMILES string of the molecule is O=[N+]([O-])c1ccc(-c2no[n+]([O-])c2-c2ccc([N+](=O)[O-])cc2)cc1. The number of nitro groups is 2. The maximum atomic E-state index is 11.9. The lowest BCUT2D eigenvalue weighted by molar-refractivity contribution is -0.793. The average molecular weight is 328 g/mol. The number of nitro benzene ring substituents is 2. The predicted molar refractivity (Wildman–Crippen MR) is 79.6 cm³/mol. The summed E-state index contributed by atoms with van der Waals surface area (Å²) in [5.74, 6) is 0. The largest absolute Gasteiger partial charge is 0.359 e. The third-order valence-corrected chi connectivity index (χ3v) is 3.32. The average Bonchev–Trinajstić information content (AvgIpc) is 2.96. The molecule has 1 aromatic heterocycles. The molecular weight excluding hydrogens is 320 g/mol. The van der Waals surface area contributed by atoms with Gasteiger partial charge in [0, 0.05) is 40.5 Å². The number of nitrogens with zero attached hydrogens (tertiary/aromatic N) is 4. The summed E-state index contributed by atoms with van der Waals surface area (Å²) in [6.45, 7) is 0. The zero-order valence-electron chi connectivity index (χ0n) is 11.9. The number of hydrogen-bond donors (Lipinski definition) is 0. The maximum absolute atomic E-state index is 11.9. The lowest BCUT2D eigenvalue weighted by Crippen LogP contribution is -2.25. The Hall–Kier alpha value is -3.82. The summed E-state index contributed by atoms with van der Waals surface area (Å²) in [5, 5.41) is 36.9. The first-order valence-electron chi connectivity index (χ1n) is 6.57. The van der Waals surface area contributed by atoms with Crippen molar-refractivity contribution in [3.63, 3.8) is 0 Å². The molecule has 0 saturated carbocycles. The van der Waals surface area contributed by atoms with Crippen molar-refractivity contribution in [1.82, 2.24) is 5.16 Å². The van der Waals surface area contributed by atoms with Crippen molar-refractivity contribution in [2.24, 2.45) is 0 Å². The second-order valence-corrected chi connectivity index (χ2v) is 4.74. The van der Waals surface area contributed by atoms with Gasteiger partial charge in [0.05, 0.1) is 9.85 Å². The van der Waals surface area contributed by atoms with Gasteiger partial charge in [-0.1, -0.05) is 0 Å². The van der Waals surface area contributed by atoms with E-state index in [1.807, 2.05) is 0 Å². The molecule has 10 heteroatoms. The van der Waals surface area contributed by atoms with Gasteiger partial charge in [0.15, 0.2) is 0 Å². The molecule has 0 aliphatic carbocycles. The highest BCUT2D eigenvalue weighted by atomic mass is 16.8. The maximum Gasteiger partial charge on any atom is 0.269 e. The molecule has 0 amide bonds. The van der Waals surface area contributed by atoms with Crippen LogP contribution in [0.3, 0.4) is 0 Å². The summed E-state index contributed by atoms with van der Waals surface area (Å²) < 4.78 is 4.60. The molecule has 10 nitrogen and oxygen atoms in total. The van der Waals surface area contributed by atoms with Crippen LogP contribution < -0.4 is 4.90 Å². The van der Waals surface area contributed by atoms with E-state index in [9.17, 15) is 25.4 Å². The summed E-state index contributed by atoms with van der Waals surface area (Å²) in [5.41, 5.74) is 0.809. The highest BCUT2D eigenvalue weighted by molar-refractivity contribution is 5.76. The normalized spacial score (nSPS) is 10.5. The molecule has 0 N–H and O–H groups in total. The van der Waals surface area contributed by atoms with Crippen LogP contribution in [-0.2, 0) is 0 Å². The van der Waals surface area contributed by atoms with E-state index in [1.54, 1.807) is 0 Å². The van der Waals surface area contributed by atoms with Gasteiger partial charge in [-0.05, 0) is 29.2 Å². The highest BCUT2D eigenvalue weighted by Crippen LogP contribution is 2.30. The molecule has 0 aliphatic heterocycles. The first-order chi connectivity index (χ1) is 11.5. The topological polar surface area (TPSA) is 139 Å². The Morgan fingerprint density at radius 3 is 1.75 bits per heavy atom. The molecule has 0 saturated heterocycles. The zero-order chi connectivity index (χ0) is 17.3. The van der Waals surface area contributed by atoms with Crippen LogP contribution in [0, 0.1) is 25.4 Å². The Morgan fingerprint density at radius 2 is 1.29 bits per heavy atom. The number of rotatable bonds is 4. The van der Waals surface area contributed by atoms with Crippen LogP contribution in [0.25, 0.3) is 22.5 Å². The van der Waals surface area contributed by atoms with Gasteiger partial charge in [0.1, 0.15) is 0 Å². The van der Waals surface area contributed by atoms with Crippen molar-refractivity contribution in [1.29, 1.82) is 0 Å². The van der Waals surface area contributed by atoms with Crippen LogP contribution in [0.2, 0.25) is 0 Å². The van der Waals surface area contributed by atoms with Crippen LogP contribution in [0.4, 0.5) is 11.4 Å². The monoisotopic (exact) mass is 328 g/mol. The van der Waals surface area contributed by atoms with Gasteiger partial charge in [0.25, 0.3) is 17.1 Å². The van der Waals surface area contributed by atoms with Crippen LogP contribution in [0.5, 0.6) is 0 Å². The molecule has 3 aromatic rings. The Bertz CT molecular complexity index is 917. The molecule has 0 spiro atoms. The molecule has 0 aliphatic rings. The quantitative estimate of drug-likeness (QED) is 0.407. The Balaban J connectivity index is 2.05. The van der Waals surface area contributed by atoms with Crippen LogP contribution in [0.1, 0.15) is 0 Å². The summed E-state index contributed by atoms with van der Waals surface area (Å²) in [6.07, 6.45) is 0. The minimum atomic E-state index is -0.556. The van der Waals surface area contributed by atoms with E-state index in [-0.39, 0.29) is 27.7 Å². The smallest absolute Gasteiger partial charge is 0.269 e. The molecule has 0 atom stereocenters. The molecule has 2 aromatic carbocycles. The molecule has 120 valence electrons. The molecule has 0 unspecified atom stereocenters. The minimum Gasteiger partial charge on any atom is -0.359 e. The van der Waals surface area contributed by atoms with Gasteiger partial charge in [-0.15, -0.1) is 0 Å². The van der Waals surface area contributed by atoms with Gasteiger partial charge in [0.2, 0.25) is 5.69 Å². The van der Waals surface area contributed by atoms with E-state index in [0.717, 1.165) is 0 Å². The summed E-state index contributed by atoms with van der Waals surface area (Å²) in [6, 6.07) is 10.7. The molecule has 3 rings (SSSR count). The van der Waals surface area contributed by atoms with Gasteiger partial charge in [-0.2, -0.15) is 0 Å². The summed E-state index contributed by atoms with van der Waals surface area (Å²) >= 11 is 0. The molecule has 1 heterocycles. The summed E-state index contributed by atoms with van der Waals surface area (Å²) in [7, 11) is 0. The lowest BCUT2D eigenvalue weighted by Gasteiger charge is -1.99.